The molecule has 96 valence electrons. The fourth-order valence-electron chi connectivity index (χ4n) is 0.868. The predicted octanol–water partition coefficient (Wildman–Crippen LogP) is -0.992. The smallest absolute Gasteiger partial charge is 0.323 e. The lowest BCUT2D eigenvalue weighted by molar-refractivity contribution is -0.144. The summed E-state index contributed by atoms with van der Waals surface area (Å²) >= 11 is 0. The van der Waals surface area contributed by atoms with E-state index < -0.39 is 22.2 Å². The molecule has 0 heterocycles. The Morgan fingerprint density at radius 2 is 2.06 bits per heavy atom. The molecule has 0 bridgehead atoms. The quantitative estimate of drug-likeness (QED) is 0.428. The van der Waals surface area contributed by atoms with Crippen LogP contribution in [0.3, 0.4) is 0 Å². The van der Waals surface area contributed by atoms with Gasteiger partial charge in [-0.15, -0.1) is 0 Å². The van der Waals surface area contributed by atoms with E-state index in [-0.39, 0.29) is 19.8 Å². The van der Waals surface area contributed by atoms with E-state index >= 15 is 0 Å². The van der Waals surface area contributed by atoms with Crippen molar-refractivity contribution < 1.29 is 22.7 Å². The van der Waals surface area contributed by atoms with Crippen LogP contribution >= 0.6 is 0 Å². The van der Waals surface area contributed by atoms with Crippen LogP contribution in [0.4, 0.5) is 0 Å². The molecule has 0 rings (SSSR count). The molecule has 0 fully saturated rings. The second kappa shape index (κ2) is 7.55. The van der Waals surface area contributed by atoms with E-state index in [1.165, 1.54) is 14.0 Å². The van der Waals surface area contributed by atoms with Gasteiger partial charge in [0.2, 0.25) is 0 Å². The zero-order valence-electron chi connectivity index (χ0n) is 9.65. The summed E-state index contributed by atoms with van der Waals surface area (Å²) in [5.41, 5.74) is 0. The Bertz CT molecular complexity index is 304. The van der Waals surface area contributed by atoms with Gasteiger partial charge in [0.1, 0.15) is 6.04 Å². The van der Waals surface area contributed by atoms with Crippen molar-refractivity contribution in [2.45, 2.75) is 19.9 Å². The molecule has 16 heavy (non-hydrogen) atoms. The third kappa shape index (κ3) is 6.72. The zero-order valence-corrected chi connectivity index (χ0v) is 10.5. The van der Waals surface area contributed by atoms with Crippen molar-refractivity contribution in [2.75, 3.05) is 26.9 Å². The Hall–Kier alpha value is -0.700. The van der Waals surface area contributed by atoms with Gasteiger partial charge in [-0.2, -0.15) is 17.9 Å². The number of carbonyl (C=O) groups excluding carboxylic acids is 1. The first kappa shape index (κ1) is 15.3. The SMILES string of the molecule is CCOC(=O)C(C)NS(=O)(=O)NCCOC. The van der Waals surface area contributed by atoms with E-state index in [0.29, 0.717) is 0 Å². The number of methoxy groups -OCH3 is 1. The van der Waals surface area contributed by atoms with Crippen LogP contribution in [0.1, 0.15) is 13.8 Å². The highest BCUT2D eigenvalue weighted by atomic mass is 32.2. The molecule has 0 saturated heterocycles. The average molecular weight is 254 g/mol. The summed E-state index contributed by atoms with van der Waals surface area (Å²) in [4.78, 5) is 11.1. The number of hydrogen-bond donors (Lipinski definition) is 2. The molecule has 8 heteroatoms. The molecular formula is C8H18N2O5S. The van der Waals surface area contributed by atoms with E-state index in [9.17, 15) is 13.2 Å². The van der Waals surface area contributed by atoms with Crippen LogP contribution < -0.4 is 9.44 Å². The molecule has 1 atom stereocenters. The molecule has 0 aromatic rings. The topological polar surface area (TPSA) is 93.7 Å². The van der Waals surface area contributed by atoms with Crippen LogP contribution in [0.5, 0.6) is 0 Å². The van der Waals surface area contributed by atoms with Crippen molar-refractivity contribution in [3.63, 3.8) is 0 Å². The van der Waals surface area contributed by atoms with Gasteiger partial charge in [-0.1, -0.05) is 0 Å². The van der Waals surface area contributed by atoms with E-state index in [1.807, 2.05) is 0 Å². The Kier molecular flexibility index (Phi) is 7.22. The monoisotopic (exact) mass is 254 g/mol. The molecule has 0 aliphatic rings. The fourth-order valence-corrected chi connectivity index (χ4v) is 1.86. The molecule has 0 aromatic carbocycles. The van der Waals surface area contributed by atoms with Crippen molar-refractivity contribution in [1.29, 1.82) is 0 Å². The molecule has 0 aliphatic carbocycles. The molecule has 7 nitrogen and oxygen atoms in total. The lowest BCUT2D eigenvalue weighted by Gasteiger charge is -2.13. The van der Waals surface area contributed by atoms with Gasteiger partial charge >= 0.3 is 5.97 Å². The molecule has 0 aliphatic heterocycles. The second-order valence-corrected chi connectivity index (χ2v) is 4.51. The number of carbonyl (C=O) groups is 1. The van der Waals surface area contributed by atoms with Crippen LogP contribution in [0.2, 0.25) is 0 Å². The highest BCUT2D eigenvalue weighted by Crippen LogP contribution is 1.90. The summed E-state index contributed by atoms with van der Waals surface area (Å²) < 4.78 is 36.4. The summed E-state index contributed by atoms with van der Waals surface area (Å²) in [7, 11) is -2.24. The minimum absolute atomic E-state index is 0.140. The van der Waals surface area contributed by atoms with Crippen molar-refractivity contribution in [3.05, 3.63) is 0 Å². The fraction of sp³-hybridized carbons (Fsp3) is 0.875. The molecule has 0 radical (unpaired) electrons. The summed E-state index contributed by atoms with van der Waals surface area (Å²) in [6.45, 7) is 3.67. The molecule has 2 N–H and O–H groups in total. The lowest BCUT2D eigenvalue weighted by Crippen LogP contribution is -2.46. The van der Waals surface area contributed by atoms with Gasteiger partial charge in [-0.25, -0.2) is 0 Å². The molecule has 0 spiro atoms. The van der Waals surface area contributed by atoms with Gasteiger partial charge in [-0.3, -0.25) is 4.79 Å². The van der Waals surface area contributed by atoms with Crippen LogP contribution in [0.25, 0.3) is 0 Å². The predicted molar refractivity (Wildman–Crippen MR) is 58.0 cm³/mol. The van der Waals surface area contributed by atoms with Crippen LogP contribution in [-0.2, 0) is 24.5 Å². The number of ether oxygens (including phenoxy) is 2. The van der Waals surface area contributed by atoms with E-state index in [4.69, 9.17) is 0 Å². The van der Waals surface area contributed by atoms with Gasteiger partial charge in [0, 0.05) is 13.7 Å². The van der Waals surface area contributed by atoms with E-state index in [1.54, 1.807) is 6.92 Å². The second-order valence-electron chi connectivity index (χ2n) is 2.98. The highest BCUT2D eigenvalue weighted by molar-refractivity contribution is 7.87. The molecule has 1 unspecified atom stereocenters. The van der Waals surface area contributed by atoms with Gasteiger partial charge < -0.3 is 9.47 Å². The third-order valence-electron chi connectivity index (χ3n) is 1.57. The number of nitrogens with one attached hydrogen (secondary N) is 2. The number of rotatable bonds is 8. The maximum atomic E-state index is 11.3. The van der Waals surface area contributed by atoms with Gasteiger partial charge in [0.15, 0.2) is 0 Å². The highest BCUT2D eigenvalue weighted by Gasteiger charge is 2.20. The van der Waals surface area contributed by atoms with E-state index in [2.05, 4.69) is 18.9 Å². The first-order valence-electron chi connectivity index (χ1n) is 4.85. The zero-order chi connectivity index (χ0) is 12.6. The lowest BCUT2D eigenvalue weighted by atomic mass is 10.4. The maximum absolute atomic E-state index is 11.3. The largest absolute Gasteiger partial charge is 0.465 e. The molecule has 0 amide bonds. The minimum atomic E-state index is -3.70. The summed E-state index contributed by atoms with van der Waals surface area (Å²) in [5, 5.41) is 0. The van der Waals surface area contributed by atoms with Crippen molar-refractivity contribution in [2.24, 2.45) is 0 Å². The van der Waals surface area contributed by atoms with Crippen molar-refractivity contribution in [3.8, 4) is 0 Å². The van der Waals surface area contributed by atoms with Gasteiger partial charge in [0.05, 0.1) is 13.2 Å². The summed E-state index contributed by atoms with van der Waals surface area (Å²) in [6.07, 6.45) is 0. The number of hydrogen-bond acceptors (Lipinski definition) is 5. The van der Waals surface area contributed by atoms with Gasteiger partial charge in [0.25, 0.3) is 10.2 Å². The first-order valence-corrected chi connectivity index (χ1v) is 6.33. The third-order valence-corrected chi connectivity index (χ3v) is 2.82. The molecular weight excluding hydrogens is 236 g/mol. The minimum Gasteiger partial charge on any atom is -0.465 e. The molecule has 0 aromatic heterocycles. The van der Waals surface area contributed by atoms with Crippen molar-refractivity contribution in [1.82, 2.24) is 9.44 Å². The van der Waals surface area contributed by atoms with Crippen molar-refractivity contribution >= 4 is 16.2 Å². The van der Waals surface area contributed by atoms with E-state index in [0.717, 1.165) is 0 Å². The van der Waals surface area contributed by atoms with Gasteiger partial charge in [-0.05, 0) is 13.8 Å². The Morgan fingerprint density at radius 1 is 1.44 bits per heavy atom. The summed E-state index contributed by atoms with van der Waals surface area (Å²) in [5.74, 6) is -0.611. The standard InChI is InChI=1S/C8H18N2O5S/c1-4-15-8(11)7(2)10-16(12,13)9-5-6-14-3/h7,9-10H,4-6H2,1-3H3. The normalized spacial score (nSPS) is 13.4. The summed E-state index contributed by atoms with van der Waals surface area (Å²) in [6, 6.07) is -0.917. The average Bonchev–Trinajstić information content (AvgIpc) is 2.17. The first-order chi connectivity index (χ1) is 7.43. The maximum Gasteiger partial charge on any atom is 0.323 e. The Balaban J connectivity index is 4.09. The Morgan fingerprint density at radius 3 is 2.56 bits per heavy atom. The Labute approximate surface area is 95.7 Å². The van der Waals surface area contributed by atoms with Crippen LogP contribution in [0, 0.1) is 0 Å². The molecule has 0 saturated carbocycles. The van der Waals surface area contributed by atoms with Crippen LogP contribution in [-0.4, -0.2) is 47.3 Å². The van der Waals surface area contributed by atoms with Crippen LogP contribution in [0.15, 0.2) is 0 Å². The number of esters is 1.